The molecule has 0 aliphatic carbocycles. The molecule has 0 bridgehead atoms. The van der Waals surface area contributed by atoms with Gasteiger partial charge >= 0.3 is 0 Å². The van der Waals surface area contributed by atoms with E-state index >= 15 is 0 Å². The van der Waals surface area contributed by atoms with Gasteiger partial charge in [-0.05, 0) is 42.8 Å². The van der Waals surface area contributed by atoms with E-state index in [0.717, 1.165) is 11.3 Å². The highest BCUT2D eigenvalue weighted by molar-refractivity contribution is 5.94. The largest absolute Gasteiger partial charge is 0.352 e. The summed E-state index contributed by atoms with van der Waals surface area (Å²) in [6.45, 7) is 2.88. The first-order valence-corrected chi connectivity index (χ1v) is 7.43. The van der Waals surface area contributed by atoms with Crippen LogP contribution in [0.1, 0.15) is 28.5 Å². The van der Waals surface area contributed by atoms with Gasteiger partial charge in [0.05, 0.1) is 5.69 Å². The van der Waals surface area contributed by atoms with Crippen LogP contribution in [-0.4, -0.2) is 23.3 Å². The lowest BCUT2D eigenvalue weighted by Crippen LogP contribution is -2.23. The van der Waals surface area contributed by atoms with Crippen molar-refractivity contribution < 1.29 is 9.59 Å². The lowest BCUT2D eigenvalue weighted by molar-refractivity contribution is -0.116. The zero-order valence-corrected chi connectivity index (χ0v) is 13.0. The molecule has 0 spiro atoms. The number of hydrogen-bond donors (Lipinski definition) is 2. The summed E-state index contributed by atoms with van der Waals surface area (Å²) in [5, 5.41) is 5.53. The van der Waals surface area contributed by atoms with Crippen LogP contribution in [0, 0.1) is 0 Å². The van der Waals surface area contributed by atoms with Crippen molar-refractivity contribution in [2.24, 2.45) is 0 Å². The quantitative estimate of drug-likeness (QED) is 0.803. The summed E-state index contributed by atoms with van der Waals surface area (Å²) in [7, 11) is 0. The highest BCUT2D eigenvalue weighted by Gasteiger charge is 2.03. The molecule has 0 aliphatic rings. The molecule has 2 amide bonds. The predicted octanol–water partition coefficient (Wildman–Crippen LogP) is 2.16. The Bertz CT molecular complexity index is 679. The molecule has 2 aromatic rings. The standard InChI is InChI=1S/C18H19N3O2/c1-2-19-18(23)15-8-6-14(7-9-15)13-21-17(22)11-10-16-5-3-4-12-20-16/h3-12H,2,13H2,1H3,(H,19,23)(H,21,22). The van der Waals surface area contributed by atoms with Crippen LogP contribution >= 0.6 is 0 Å². The van der Waals surface area contributed by atoms with Gasteiger partial charge < -0.3 is 10.6 Å². The maximum Gasteiger partial charge on any atom is 0.251 e. The van der Waals surface area contributed by atoms with Crippen LogP contribution in [0.15, 0.2) is 54.7 Å². The Hall–Kier alpha value is -2.95. The van der Waals surface area contributed by atoms with E-state index in [9.17, 15) is 9.59 Å². The third kappa shape index (κ3) is 5.39. The maximum atomic E-state index is 11.8. The molecule has 0 atom stereocenters. The number of rotatable bonds is 6. The van der Waals surface area contributed by atoms with Crippen LogP contribution in [0.2, 0.25) is 0 Å². The number of aromatic nitrogens is 1. The molecule has 2 rings (SSSR count). The highest BCUT2D eigenvalue weighted by atomic mass is 16.2. The molecule has 5 nitrogen and oxygen atoms in total. The van der Waals surface area contributed by atoms with Gasteiger partial charge in [0, 0.05) is 30.9 Å². The van der Waals surface area contributed by atoms with Crippen LogP contribution in [0.3, 0.4) is 0 Å². The normalized spacial score (nSPS) is 10.5. The molecule has 0 radical (unpaired) electrons. The van der Waals surface area contributed by atoms with Gasteiger partial charge in [-0.1, -0.05) is 18.2 Å². The summed E-state index contributed by atoms with van der Waals surface area (Å²) in [6.07, 6.45) is 4.78. The van der Waals surface area contributed by atoms with Gasteiger partial charge in [0.1, 0.15) is 0 Å². The van der Waals surface area contributed by atoms with E-state index in [1.54, 1.807) is 24.4 Å². The van der Waals surface area contributed by atoms with Gasteiger partial charge in [0.25, 0.3) is 5.91 Å². The van der Waals surface area contributed by atoms with Gasteiger partial charge in [0.2, 0.25) is 5.91 Å². The van der Waals surface area contributed by atoms with E-state index in [1.807, 2.05) is 37.3 Å². The van der Waals surface area contributed by atoms with Crippen molar-refractivity contribution in [1.29, 1.82) is 0 Å². The Morgan fingerprint density at radius 1 is 1.09 bits per heavy atom. The van der Waals surface area contributed by atoms with Crippen LogP contribution in [0.25, 0.3) is 6.08 Å². The molecule has 23 heavy (non-hydrogen) atoms. The van der Waals surface area contributed by atoms with Gasteiger partial charge in [-0.25, -0.2) is 0 Å². The zero-order chi connectivity index (χ0) is 16.5. The van der Waals surface area contributed by atoms with Crippen LogP contribution in [0.5, 0.6) is 0 Å². The van der Waals surface area contributed by atoms with Crippen molar-refractivity contribution in [3.05, 3.63) is 71.6 Å². The molecule has 0 saturated carbocycles. The fourth-order valence-electron chi connectivity index (χ4n) is 1.92. The van der Waals surface area contributed by atoms with Crippen LogP contribution in [0.4, 0.5) is 0 Å². The van der Waals surface area contributed by atoms with Crippen LogP contribution in [-0.2, 0) is 11.3 Å². The molecule has 2 N–H and O–H groups in total. The van der Waals surface area contributed by atoms with Crippen molar-refractivity contribution in [1.82, 2.24) is 15.6 Å². The molecular formula is C18H19N3O2. The Labute approximate surface area is 135 Å². The molecule has 1 aromatic carbocycles. The fourth-order valence-corrected chi connectivity index (χ4v) is 1.92. The summed E-state index contributed by atoms with van der Waals surface area (Å²) in [4.78, 5) is 27.5. The third-order valence-corrected chi connectivity index (χ3v) is 3.11. The number of nitrogens with one attached hydrogen (secondary N) is 2. The predicted molar refractivity (Wildman–Crippen MR) is 89.6 cm³/mol. The minimum Gasteiger partial charge on any atom is -0.352 e. The minimum atomic E-state index is -0.191. The van der Waals surface area contributed by atoms with Gasteiger partial charge in [-0.15, -0.1) is 0 Å². The second kappa shape index (κ2) is 8.48. The van der Waals surface area contributed by atoms with Gasteiger partial charge in [-0.3, -0.25) is 14.6 Å². The second-order valence-corrected chi connectivity index (χ2v) is 4.86. The molecule has 0 saturated heterocycles. The minimum absolute atomic E-state index is 0.0959. The van der Waals surface area contributed by atoms with Crippen molar-refractivity contribution in [2.75, 3.05) is 6.54 Å². The number of carbonyl (C=O) groups excluding carboxylic acids is 2. The monoisotopic (exact) mass is 309 g/mol. The first-order valence-electron chi connectivity index (χ1n) is 7.43. The summed E-state index contributed by atoms with van der Waals surface area (Å²) < 4.78 is 0. The van der Waals surface area contributed by atoms with E-state index < -0.39 is 0 Å². The summed E-state index contributed by atoms with van der Waals surface area (Å²) in [6, 6.07) is 12.7. The second-order valence-electron chi connectivity index (χ2n) is 4.86. The Morgan fingerprint density at radius 3 is 2.52 bits per heavy atom. The molecular weight excluding hydrogens is 290 g/mol. The SMILES string of the molecule is CCNC(=O)c1ccc(CNC(=O)C=Cc2ccccn2)cc1. The first kappa shape index (κ1) is 16.4. The summed E-state index contributed by atoms with van der Waals surface area (Å²) in [5.74, 6) is -0.287. The first-order chi connectivity index (χ1) is 11.2. The van der Waals surface area contributed by atoms with Crippen LogP contribution < -0.4 is 10.6 Å². The van der Waals surface area contributed by atoms with Gasteiger partial charge in [0.15, 0.2) is 0 Å². The van der Waals surface area contributed by atoms with Crippen molar-refractivity contribution >= 4 is 17.9 Å². The lowest BCUT2D eigenvalue weighted by Gasteiger charge is -2.05. The number of carbonyl (C=O) groups is 2. The Balaban J connectivity index is 1.84. The number of amides is 2. The maximum absolute atomic E-state index is 11.8. The van der Waals surface area contributed by atoms with Crippen molar-refractivity contribution in [2.45, 2.75) is 13.5 Å². The molecule has 0 unspecified atom stereocenters. The Kier molecular flexibility index (Phi) is 6.06. The smallest absolute Gasteiger partial charge is 0.251 e. The topological polar surface area (TPSA) is 71.1 Å². The molecule has 5 heteroatoms. The van der Waals surface area contributed by atoms with E-state index in [1.165, 1.54) is 6.08 Å². The summed E-state index contributed by atoms with van der Waals surface area (Å²) >= 11 is 0. The number of benzene rings is 1. The molecule has 0 aliphatic heterocycles. The van der Waals surface area contributed by atoms with E-state index in [4.69, 9.17) is 0 Å². The fraction of sp³-hybridized carbons (Fsp3) is 0.167. The average molecular weight is 309 g/mol. The summed E-state index contributed by atoms with van der Waals surface area (Å²) in [5.41, 5.74) is 2.27. The van der Waals surface area contributed by atoms with E-state index in [-0.39, 0.29) is 11.8 Å². The third-order valence-electron chi connectivity index (χ3n) is 3.11. The average Bonchev–Trinajstić information content (AvgIpc) is 2.59. The molecule has 0 fully saturated rings. The van der Waals surface area contributed by atoms with Gasteiger partial charge in [-0.2, -0.15) is 0 Å². The van der Waals surface area contributed by atoms with Crippen molar-refractivity contribution in [3.63, 3.8) is 0 Å². The Morgan fingerprint density at radius 2 is 1.87 bits per heavy atom. The number of pyridine rings is 1. The van der Waals surface area contributed by atoms with Crippen molar-refractivity contribution in [3.8, 4) is 0 Å². The highest BCUT2D eigenvalue weighted by Crippen LogP contribution is 2.04. The number of hydrogen-bond acceptors (Lipinski definition) is 3. The lowest BCUT2D eigenvalue weighted by atomic mass is 10.1. The van der Waals surface area contributed by atoms with E-state index in [0.29, 0.717) is 18.7 Å². The molecule has 1 heterocycles. The number of nitrogens with zero attached hydrogens (tertiary/aromatic N) is 1. The molecule has 1 aromatic heterocycles. The van der Waals surface area contributed by atoms with E-state index in [2.05, 4.69) is 15.6 Å². The zero-order valence-electron chi connectivity index (χ0n) is 13.0. The molecule has 118 valence electrons.